The van der Waals surface area contributed by atoms with Crippen molar-refractivity contribution >= 4 is 17.5 Å². The van der Waals surface area contributed by atoms with E-state index >= 15 is 0 Å². The van der Waals surface area contributed by atoms with E-state index < -0.39 is 5.91 Å². The molecule has 0 aromatic heterocycles. The van der Waals surface area contributed by atoms with Crippen molar-refractivity contribution in [1.82, 2.24) is 0 Å². The highest BCUT2D eigenvalue weighted by molar-refractivity contribution is 5.95. The number of amides is 2. The molecule has 1 heterocycles. The number of hydrogen-bond donors (Lipinski definition) is 3. The number of hydrogen-bond acceptors (Lipinski definition) is 2. The smallest absolute Gasteiger partial charge is 0.282 e. The summed E-state index contributed by atoms with van der Waals surface area (Å²) in [6.45, 7) is 4.10. The number of nitrogens with two attached hydrogens (primary N) is 1. The van der Waals surface area contributed by atoms with Gasteiger partial charge in [-0.2, -0.15) is 0 Å². The Bertz CT molecular complexity index is 478. The summed E-state index contributed by atoms with van der Waals surface area (Å²) in [4.78, 5) is 24.5. The average molecular weight is 276 g/mol. The van der Waals surface area contributed by atoms with E-state index in [0.29, 0.717) is 11.3 Å². The van der Waals surface area contributed by atoms with Crippen LogP contribution in [0, 0.1) is 0 Å². The van der Waals surface area contributed by atoms with Gasteiger partial charge in [0.1, 0.15) is 0 Å². The molecule has 108 valence electrons. The van der Waals surface area contributed by atoms with Crippen molar-refractivity contribution in [3.8, 4) is 0 Å². The number of quaternary nitrogens is 1. The fourth-order valence-electron chi connectivity index (χ4n) is 2.59. The Balaban J connectivity index is 1.94. The predicted molar refractivity (Wildman–Crippen MR) is 77.6 cm³/mol. The van der Waals surface area contributed by atoms with Crippen LogP contribution < -0.4 is 16.0 Å². The Morgan fingerprint density at radius 1 is 1.15 bits per heavy atom. The number of anilines is 1. The number of piperidine rings is 1. The molecule has 5 nitrogen and oxygen atoms in total. The van der Waals surface area contributed by atoms with E-state index in [-0.39, 0.29) is 11.9 Å². The van der Waals surface area contributed by atoms with Gasteiger partial charge in [0.05, 0.1) is 13.1 Å². The molecule has 0 spiro atoms. The highest BCUT2D eigenvalue weighted by Crippen LogP contribution is 2.09. The molecule has 0 unspecified atom stereocenters. The van der Waals surface area contributed by atoms with Gasteiger partial charge in [-0.05, 0) is 50.5 Å². The lowest BCUT2D eigenvalue weighted by Crippen LogP contribution is -3.17. The monoisotopic (exact) mass is 276 g/mol. The minimum absolute atomic E-state index is 0.0220. The van der Waals surface area contributed by atoms with Crippen LogP contribution in [0.15, 0.2) is 24.3 Å². The maximum absolute atomic E-state index is 12.2. The summed E-state index contributed by atoms with van der Waals surface area (Å²) in [5.41, 5.74) is 6.32. The van der Waals surface area contributed by atoms with E-state index in [1.54, 1.807) is 24.3 Å². The zero-order valence-electron chi connectivity index (χ0n) is 11.8. The summed E-state index contributed by atoms with van der Waals surface area (Å²) in [6, 6.07) is 6.60. The van der Waals surface area contributed by atoms with Crippen molar-refractivity contribution < 1.29 is 14.5 Å². The first-order chi connectivity index (χ1) is 9.58. The van der Waals surface area contributed by atoms with Gasteiger partial charge in [-0.15, -0.1) is 0 Å². The average Bonchev–Trinajstić information content (AvgIpc) is 2.48. The molecule has 1 saturated heterocycles. The van der Waals surface area contributed by atoms with Crippen molar-refractivity contribution in [2.75, 3.05) is 18.4 Å². The van der Waals surface area contributed by atoms with Crippen LogP contribution in [0.2, 0.25) is 0 Å². The van der Waals surface area contributed by atoms with Gasteiger partial charge < -0.3 is 16.0 Å². The van der Waals surface area contributed by atoms with Crippen molar-refractivity contribution in [3.63, 3.8) is 0 Å². The van der Waals surface area contributed by atoms with Crippen LogP contribution >= 0.6 is 0 Å². The maximum Gasteiger partial charge on any atom is 0.282 e. The number of primary amides is 1. The zero-order chi connectivity index (χ0) is 14.5. The van der Waals surface area contributed by atoms with E-state index in [9.17, 15) is 9.59 Å². The van der Waals surface area contributed by atoms with Gasteiger partial charge in [0.2, 0.25) is 5.91 Å². The van der Waals surface area contributed by atoms with Gasteiger partial charge in [0.25, 0.3) is 5.91 Å². The molecule has 4 N–H and O–H groups in total. The molecule has 0 aliphatic carbocycles. The molecule has 5 heteroatoms. The predicted octanol–water partition coefficient (Wildman–Crippen LogP) is 0.181. The summed E-state index contributed by atoms with van der Waals surface area (Å²) >= 11 is 0. The highest BCUT2D eigenvalue weighted by Gasteiger charge is 2.26. The van der Waals surface area contributed by atoms with Gasteiger partial charge in [-0.25, -0.2) is 0 Å². The third-order valence-corrected chi connectivity index (χ3v) is 3.94. The molecule has 1 aliphatic rings. The summed E-state index contributed by atoms with van der Waals surface area (Å²) in [5.74, 6) is -0.442. The second-order valence-electron chi connectivity index (χ2n) is 5.37. The third-order valence-electron chi connectivity index (χ3n) is 3.94. The number of benzene rings is 1. The molecular formula is C15H22N3O2+. The quantitative estimate of drug-likeness (QED) is 0.734. The van der Waals surface area contributed by atoms with Gasteiger partial charge in [0, 0.05) is 11.3 Å². The first-order valence-corrected chi connectivity index (χ1v) is 7.13. The van der Waals surface area contributed by atoms with E-state index in [4.69, 9.17) is 5.73 Å². The molecule has 0 saturated carbocycles. The van der Waals surface area contributed by atoms with Crippen LogP contribution in [0.4, 0.5) is 5.69 Å². The molecule has 1 aliphatic heterocycles. The molecule has 0 bridgehead atoms. The van der Waals surface area contributed by atoms with E-state index in [1.807, 2.05) is 6.92 Å². The first-order valence-electron chi connectivity index (χ1n) is 7.13. The van der Waals surface area contributed by atoms with Crippen molar-refractivity contribution in [3.05, 3.63) is 29.8 Å². The summed E-state index contributed by atoms with van der Waals surface area (Å²) in [5, 5.41) is 2.89. The van der Waals surface area contributed by atoms with Gasteiger partial charge in [-0.3, -0.25) is 9.59 Å². The number of nitrogens with one attached hydrogen (secondary N) is 2. The molecule has 1 aromatic carbocycles. The van der Waals surface area contributed by atoms with Gasteiger partial charge in [-0.1, -0.05) is 0 Å². The minimum Gasteiger partial charge on any atom is -0.366 e. The first kappa shape index (κ1) is 14.5. The summed E-state index contributed by atoms with van der Waals surface area (Å²) in [6.07, 6.45) is 3.66. The Morgan fingerprint density at radius 3 is 2.30 bits per heavy atom. The SMILES string of the molecule is C[C@@H](C(=O)Nc1ccc(C(N)=O)cc1)[NH+]1CCCCC1. The number of carbonyl (C=O) groups is 2. The normalized spacial score (nSPS) is 17.4. The van der Waals surface area contributed by atoms with Gasteiger partial charge in [0.15, 0.2) is 6.04 Å². The second kappa shape index (κ2) is 6.52. The van der Waals surface area contributed by atoms with Crippen molar-refractivity contribution in [2.45, 2.75) is 32.2 Å². The summed E-state index contributed by atoms with van der Waals surface area (Å²) < 4.78 is 0. The molecule has 2 rings (SSSR count). The lowest BCUT2D eigenvalue weighted by molar-refractivity contribution is -0.918. The van der Waals surface area contributed by atoms with Crippen LogP contribution in [0.5, 0.6) is 0 Å². The Hall–Kier alpha value is -1.88. The number of carbonyl (C=O) groups excluding carboxylic acids is 2. The molecule has 2 amide bonds. The topological polar surface area (TPSA) is 76.6 Å². The highest BCUT2D eigenvalue weighted by atomic mass is 16.2. The number of rotatable bonds is 4. The Morgan fingerprint density at radius 2 is 1.75 bits per heavy atom. The van der Waals surface area contributed by atoms with E-state index in [1.165, 1.54) is 24.2 Å². The van der Waals surface area contributed by atoms with Crippen LogP contribution in [-0.2, 0) is 4.79 Å². The maximum atomic E-state index is 12.2. The van der Waals surface area contributed by atoms with Crippen molar-refractivity contribution in [1.29, 1.82) is 0 Å². The fourth-order valence-corrected chi connectivity index (χ4v) is 2.59. The lowest BCUT2D eigenvalue weighted by atomic mass is 10.1. The molecular weight excluding hydrogens is 254 g/mol. The van der Waals surface area contributed by atoms with Crippen LogP contribution in [0.25, 0.3) is 0 Å². The summed E-state index contributed by atoms with van der Waals surface area (Å²) in [7, 11) is 0. The Labute approximate surface area is 119 Å². The van der Waals surface area contributed by atoms with E-state index in [2.05, 4.69) is 5.32 Å². The largest absolute Gasteiger partial charge is 0.366 e. The standard InChI is InChI=1S/C15H21N3O2/c1-11(18-9-3-2-4-10-18)15(20)17-13-7-5-12(6-8-13)14(16)19/h5-8,11H,2-4,9-10H2,1H3,(H2,16,19)(H,17,20)/p+1/t11-/m0/s1. The molecule has 1 atom stereocenters. The minimum atomic E-state index is -0.464. The van der Waals surface area contributed by atoms with Crippen LogP contribution in [0.1, 0.15) is 36.5 Å². The third kappa shape index (κ3) is 3.57. The van der Waals surface area contributed by atoms with Crippen LogP contribution in [0.3, 0.4) is 0 Å². The van der Waals surface area contributed by atoms with E-state index in [0.717, 1.165) is 13.1 Å². The van der Waals surface area contributed by atoms with Crippen LogP contribution in [-0.4, -0.2) is 30.9 Å². The molecule has 20 heavy (non-hydrogen) atoms. The fraction of sp³-hybridized carbons (Fsp3) is 0.467. The van der Waals surface area contributed by atoms with Crippen molar-refractivity contribution in [2.24, 2.45) is 5.73 Å². The molecule has 0 radical (unpaired) electrons. The number of likely N-dealkylation sites (tertiary alicyclic amines) is 1. The second-order valence-corrected chi connectivity index (χ2v) is 5.37. The van der Waals surface area contributed by atoms with Gasteiger partial charge >= 0.3 is 0 Å². The molecule has 1 aromatic rings. The lowest BCUT2D eigenvalue weighted by Gasteiger charge is -2.28. The Kier molecular flexibility index (Phi) is 4.74. The zero-order valence-corrected chi connectivity index (χ0v) is 11.8. The molecule has 1 fully saturated rings.